The lowest BCUT2D eigenvalue weighted by molar-refractivity contribution is 0.0356. The van der Waals surface area contributed by atoms with E-state index in [-0.39, 0.29) is 6.03 Å². The van der Waals surface area contributed by atoms with Crippen LogP contribution in [0.2, 0.25) is 0 Å². The number of nitrogens with two attached hydrogens (primary N) is 1. The largest absolute Gasteiger partial charge is 0.378 e. The molecule has 2 aliphatic heterocycles. The lowest BCUT2D eigenvalue weighted by Gasteiger charge is -2.40. The van der Waals surface area contributed by atoms with Gasteiger partial charge in [0.1, 0.15) is 0 Å². The molecule has 0 aromatic rings. The van der Waals surface area contributed by atoms with Crippen LogP contribution in [-0.4, -0.2) is 85.8 Å². The Morgan fingerprint density at radius 2 is 1.67 bits per heavy atom. The van der Waals surface area contributed by atoms with E-state index in [9.17, 15) is 4.79 Å². The summed E-state index contributed by atoms with van der Waals surface area (Å²) in [7, 11) is 0. The Labute approximate surface area is 109 Å². The first-order chi connectivity index (χ1) is 8.72. The standard InChI is InChI=1S/C12H24N4O2/c1-11(10-13)14-2-4-15(5-3-14)12(17)16-6-8-18-9-7-16/h11H,2-10,13H2,1H3. The molecule has 0 radical (unpaired) electrons. The molecule has 1 unspecified atom stereocenters. The minimum Gasteiger partial charge on any atom is -0.378 e. The van der Waals surface area contributed by atoms with Gasteiger partial charge in [-0.25, -0.2) is 4.79 Å². The highest BCUT2D eigenvalue weighted by Gasteiger charge is 2.27. The van der Waals surface area contributed by atoms with Gasteiger partial charge in [0.2, 0.25) is 0 Å². The van der Waals surface area contributed by atoms with Gasteiger partial charge in [0.25, 0.3) is 0 Å². The molecule has 2 N–H and O–H groups in total. The molecular weight excluding hydrogens is 232 g/mol. The van der Waals surface area contributed by atoms with Gasteiger partial charge in [-0.1, -0.05) is 0 Å². The fourth-order valence-electron chi connectivity index (χ4n) is 2.46. The van der Waals surface area contributed by atoms with Crippen LogP contribution in [0.4, 0.5) is 4.79 Å². The van der Waals surface area contributed by atoms with E-state index in [2.05, 4.69) is 11.8 Å². The highest BCUT2D eigenvalue weighted by atomic mass is 16.5. The molecule has 6 nitrogen and oxygen atoms in total. The molecule has 2 saturated heterocycles. The molecule has 0 aromatic carbocycles. The summed E-state index contributed by atoms with van der Waals surface area (Å²) < 4.78 is 5.27. The number of urea groups is 1. The third-order valence-corrected chi connectivity index (χ3v) is 3.83. The Hall–Kier alpha value is -0.850. The maximum absolute atomic E-state index is 12.3. The van der Waals surface area contributed by atoms with Crippen LogP contribution in [0.1, 0.15) is 6.92 Å². The monoisotopic (exact) mass is 256 g/mol. The topological polar surface area (TPSA) is 62.0 Å². The van der Waals surface area contributed by atoms with E-state index in [0.29, 0.717) is 25.8 Å². The van der Waals surface area contributed by atoms with E-state index in [4.69, 9.17) is 10.5 Å². The molecule has 6 heteroatoms. The summed E-state index contributed by atoms with van der Waals surface area (Å²) in [6.45, 7) is 9.04. The summed E-state index contributed by atoms with van der Waals surface area (Å²) in [4.78, 5) is 18.4. The number of amides is 2. The number of ether oxygens (including phenoxy) is 1. The fourth-order valence-corrected chi connectivity index (χ4v) is 2.46. The lowest BCUT2D eigenvalue weighted by atomic mass is 10.2. The molecule has 2 amide bonds. The van der Waals surface area contributed by atoms with Crippen molar-refractivity contribution in [3.05, 3.63) is 0 Å². The number of rotatable bonds is 2. The van der Waals surface area contributed by atoms with Crippen LogP contribution in [0.3, 0.4) is 0 Å². The normalized spacial score (nSPS) is 24.1. The third kappa shape index (κ3) is 3.13. The van der Waals surface area contributed by atoms with Crippen molar-refractivity contribution in [2.45, 2.75) is 13.0 Å². The molecule has 2 heterocycles. The number of piperazine rings is 1. The molecular formula is C12H24N4O2. The van der Waals surface area contributed by atoms with Gasteiger partial charge in [-0.3, -0.25) is 4.90 Å². The molecule has 2 rings (SSSR count). The van der Waals surface area contributed by atoms with E-state index in [1.165, 1.54) is 0 Å². The van der Waals surface area contributed by atoms with E-state index >= 15 is 0 Å². The SMILES string of the molecule is CC(CN)N1CCN(C(=O)N2CCOCC2)CC1. The highest BCUT2D eigenvalue weighted by Crippen LogP contribution is 2.09. The Morgan fingerprint density at radius 1 is 1.11 bits per heavy atom. The van der Waals surface area contributed by atoms with Gasteiger partial charge >= 0.3 is 6.03 Å². The Bertz CT molecular complexity index is 273. The number of hydrogen-bond acceptors (Lipinski definition) is 4. The number of carbonyl (C=O) groups excluding carboxylic acids is 1. The zero-order valence-corrected chi connectivity index (χ0v) is 11.2. The zero-order chi connectivity index (χ0) is 13.0. The molecule has 18 heavy (non-hydrogen) atoms. The minimum absolute atomic E-state index is 0.165. The van der Waals surface area contributed by atoms with Crippen LogP contribution in [0.15, 0.2) is 0 Å². The van der Waals surface area contributed by atoms with Crippen molar-refractivity contribution in [2.75, 3.05) is 59.0 Å². The molecule has 0 aliphatic carbocycles. The van der Waals surface area contributed by atoms with Crippen LogP contribution < -0.4 is 5.73 Å². The summed E-state index contributed by atoms with van der Waals surface area (Å²) in [5, 5.41) is 0. The summed E-state index contributed by atoms with van der Waals surface area (Å²) in [6, 6.07) is 0.573. The van der Waals surface area contributed by atoms with Gasteiger partial charge in [-0.2, -0.15) is 0 Å². The number of nitrogens with zero attached hydrogens (tertiary/aromatic N) is 3. The zero-order valence-electron chi connectivity index (χ0n) is 11.2. The van der Waals surface area contributed by atoms with Gasteiger partial charge < -0.3 is 20.3 Å². The first-order valence-electron chi connectivity index (χ1n) is 6.78. The molecule has 2 fully saturated rings. The van der Waals surface area contributed by atoms with E-state index < -0.39 is 0 Å². The number of morpholine rings is 1. The average Bonchev–Trinajstić information content (AvgIpc) is 2.47. The minimum atomic E-state index is 0.165. The molecule has 1 atom stereocenters. The smallest absolute Gasteiger partial charge is 0.320 e. The lowest BCUT2D eigenvalue weighted by Crippen LogP contribution is -2.56. The second kappa shape index (κ2) is 6.36. The quantitative estimate of drug-likeness (QED) is 0.717. The van der Waals surface area contributed by atoms with Gasteiger partial charge in [-0.05, 0) is 6.92 Å². The van der Waals surface area contributed by atoms with Crippen molar-refractivity contribution in [2.24, 2.45) is 5.73 Å². The second-order valence-corrected chi connectivity index (χ2v) is 4.99. The highest BCUT2D eigenvalue weighted by molar-refractivity contribution is 5.74. The number of hydrogen-bond donors (Lipinski definition) is 1. The van der Waals surface area contributed by atoms with Crippen molar-refractivity contribution in [3.63, 3.8) is 0 Å². The Morgan fingerprint density at radius 3 is 2.22 bits per heavy atom. The molecule has 0 saturated carbocycles. The van der Waals surface area contributed by atoms with Gasteiger partial charge in [0.05, 0.1) is 13.2 Å². The molecule has 0 bridgehead atoms. The molecule has 104 valence electrons. The van der Waals surface area contributed by atoms with Crippen molar-refractivity contribution < 1.29 is 9.53 Å². The van der Waals surface area contributed by atoms with Crippen molar-refractivity contribution >= 4 is 6.03 Å². The average molecular weight is 256 g/mol. The van der Waals surface area contributed by atoms with Crippen LogP contribution in [0.5, 0.6) is 0 Å². The molecule has 0 aromatic heterocycles. The van der Waals surface area contributed by atoms with E-state index in [0.717, 1.165) is 39.3 Å². The maximum Gasteiger partial charge on any atom is 0.320 e. The van der Waals surface area contributed by atoms with Crippen molar-refractivity contribution in [3.8, 4) is 0 Å². The summed E-state index contributed by atoms with van der Waals surface area (Å²) in [5.74, 6) is 0. The van der Waals surface area contributed by atoms with Gasteiger partial charge in [0.15, 0.2) is 0 Å². The Kier molecular flexibility index (Phi) is 4.79. The van der Waals surface area contributed by atoms with Crippen molar-refractivity contribution in [1.82, 2.24) is 14.7 Å². The maximum atomic E-state index is 12.3. The van der Waals surface area contributed by atoms with Gasteiger partial charge in [0, 0.05) is 51.9 Å². The first kappa shape index (κ1) is 13.6. The van der Waals surface area contributed by atoms with Crippen molar-refractivity contribution in [1.29, 1.82) is 0 Å². The predicted molar refractivity (Wildman–Crippen MR) is 69.5 cm³/mol. The van der Waals surface area contributed by atoms with Gasteiger partial charge in [-0.15, -0.1) is 0 Å². The molecule has 0 spiro atoms. The van der Waals surface area contributed by atoms with Crippen LogP contribution in [0.25, 0.3) is 0 Å². The van der Waals surface area contributed by atoms with E-state index in [1.807, 2.05) is 9.80 Å². The fraction of sp³-hybridized carbons (Fsp3) is 0.917. The summed E-state index contributed by atoms with van der Waals surface area (Å²) in [5.41, 5.74) is 5.67. The van der Waals surface area contributed by atoms with E-state index in [1.54, 1.807) is 0 Å². The summed E-state index contributed by atoms with van der Waals surface area (Å²) in [6.07, 6.45) is 0. The van der Waals surface area contributed by atoms with Crippen LogP contribution in [0, 0.1) is 0 Å². The first-order valence-corrected chi connectivity index (χ1v) is 6.78. The predicted octanol–water partition coefficient (Wildman–Crippen LogP) is -0.597. The third-order valence-electron chi connectivity index (χ3n) is 3.83. The van der Waals surface area contributed by atoms with Crippen LogP contribution in [-0.2, 0) is 4.74 Å². The number of carbonyl (C=O) groups is 1. The molecule has 2 aliphatic rings. The van der Waals surface area contributed by atoms with Crippen LogP contribution >= 0.6 is 0 Å². The second-order valence-electron chi connectivity index (χ2n) is 4.99. The summed E-state index contributed by atoms with van der Waals surface area (Å²) >= 11 is 0. The Balaban J connectivity index is 1.79.